The second-order valence-corrected chi connectivity index (χ2v) is 5.15. The molecule has 2 aliphatic rings. The van der Waals surface area contributed by atoms with E-state index in [2.05, 4.69) is 0 Å². The first kappa shape index (κ1) is 11.1. The van der Waals surface area contributed by atoms with Crippen LogP contribution in [0.25, 0.3) is 0 Å². The molecule has 0 spiro atoms. The van der Waals surface area contributed by atoms with E-state index in [-0.39, 0.29) is 17.8 Å². The summed E-state index contributed by atoms with van der Waals surface area (Å²) in [5.41, 5.74) is 0.186. The van der Waals surface area contributed by atoms with Crippen molar-refractivity contribution in [3.63, 3.8) is 0 Å². The van der Waals surface area contributed by atoms with E-state index in [1.54, 1.807) is 18.2 Å². The van der Waals surface area contributed by atoms with Crippen LogP contribution in [0.3, 0.4) is 0 Å². The van der Waals surface area contributed by atoms with Crippen LogP contribution in [0.15, 0.2) is 47.3 Å². The van der Waals surface area contributed by atoms with Crippen molar-refractivity contribution >= 4 is 10.1 Å². The van der Waals surface area contributed by atoms with Gasteiger partial charge in [-0.05, 0) is 11.6 Å². The van der Waals surface area contributed by atoms with E-state index in [1.807, 2.05) is 0 Å². The van der Waals surface area contributed by atoms with Crippen molar-refractivity contribution in [1.82, 2.24) is 0 Å². The normalized spacial score (nSPS) is 29.0. The summed E-state index contributed by atoms with van der Waals surface area (Å²) in [5, 5.41) is 19.6. The van der Waals surface area contributed by atoms with E-state index >= 15 is 0 Å². The van der Waals surface area contributed by atoms with Crippen molar-refractivity contribution in [2.75, 3.05) is 0 Å². The minimum absolute atomic E-state index is 0.123. The molecule has 2 aliphatic carbocycles. The zero-order chi connectivity index (χ0) is 12.0. The Morgan fingerprint density at radius 2 is 2.06 bits per heavy atom. The molecule has 3 N–H and O–H groups in total. The van der Waals surface area contributed by atoms with Gasteiger partial charge in [0.15, 0.2) is 0 Å². The van der Waals surface area contributed by atoms with Crippen molar-refractivity contribution in [3.05, 3.63) is 47.3 Å². The number of rotatable bonds is 1. The standard InChI is InChI=1S/C10H10O5S/c11-8-5-1-3-7-4-2-6-10(12,9(7)8)16(13,14)15/h1-4,6,11-12H,5H2,(H,13,14,15). The third-order valence-electron chi connectivity index (χ3n) is 2.54. The van der Waals surface area contributed by atoms with Gasteiger partial charge in [-0.2, -0.15) is 8.42 Å². The lowest BCUT2D eigenvalue weighted by Crippen LogP contribution is -2.41. The van der Waals surface area contributed by atoms with E-state index in [0.717, 1.165) is 6.08 Å². The van der Waals surface area contributed by atoms with Crippen LogP contribution in [0, 0.1) is 0 Å². The predicted octanol–water partition coefficient (Wildman–Crippen LogP) is 0.831. The quantitative estimate of drug-likeness (QED) is 0.592. The third-order valence-corrected chi connectivity index (χ3v) is 3.66. The summed E-state index contributed by atoms with van der Waals surface area (Å²) < 4.78 is 31.4. The zero-order valence-electron chi connectivity index (χ0n) is 8.16. The van der Waals surface area contributed by atoms with Crippen molar-refractivity contribution in [2.24, 2.45) is 0 Å². The van der Waals surface area contributed by atoms with Gasteiger partial charge in [-0.15, -0.1) is 0 Å². The van der Waals surface area contributed by atoms with E-state index in [1.165, 1.54) is 6.08 Å². The van der Waals surface area contributed by atoms with Gasteiger partial charge in [-0.25, -0.2) is 0 Å². The lowest BCUT2D eigenvalue weighted by molar-refractivity contribution is 0.189. The predicted molar refractivity (Wildman–Crippen MR) is 57.1 cm³/mol. The number of allylic oxidation sites excluding steroid dienone is 4. The van der Waals surface area contributed by atoms with E-state index in [0.29, 0.717) is 5.57 Å². The molecule has 0 saturated heterocycles. The highest BCUT2D eigenvalue weighted by Gasteiger charge is 2.46. The Balaban J connectivity index is 2.70. The SMILES string of the molecule is O=S(=O)(O)C1(O)C=CC=C2C=CCC(O)=C21. The summed E-state index contributed by atoms with van der Waals surface area (Å²) >= 11 is 0. The average molecular weight is 242 g/mol. The molecule has 2 rings (SSSR count). The van der Waals surface area contributed by atoms with Crippen molar-refractivity contribution in [3.8, 4) is 0 Å². The van der Waals surface area contributed by atoms with Gasteiger partial charge < -0.3 is 10.2 Å². The molecule has 0 aromatic carbocycles. The van der Waals surface area contributed by atoms with Crippen LogP contribution in [0.4, 0.5) is 0 Å². The Morgan fingerprint density at radius 3 is 2.69 bits per heavy atom. The van der Waals surface area contributed by atoms with Gasteiger partial charge in [0.2, 0.25) is 4.93 Å². The van der Waals surface area contributed by atoms with Gasteiger partial charge in [0, 0.05) is 6.42 Å². The fraction of sp³-hybridized carbons (Fsp3) is 0.200. The molecule has 6 heteroatoms. The molecule has 0 fully saturated rings. The van der Waals surface area contributed by atoms with Crippen molar-refractivity contribution in [2.45, 2.75) is 11.4 Å². The maximum atomic E-state index is 11.2. The Morgan fingerprint density at radius 1 is 1.38 bits per heavy atom. The number of hydrogen-bond acceptors (Lipinski definition) is 4. The first-order chi connectivity index (χ1) is 7.36. The lowest BCUT2D eigenvalue weighted by Gasteiger charge is -2.29. The molecule has 1 unspecified atom stereocenters. The Kier molecular flexibility index (Phi) is 2.30. The molecule has 1 atom stereocenters. The molecule has 0 aliphatic heterocycles. The second-order valence-electron chi connectivity index (χ2n) is 3.58. The van der Waals surface area contributed by atoms with Gasteiger partial charge >= 0.3 is 10.1 Å². The molecule has 0 aromatic rings. The number of aliphatic hydroxyl groups excluding tert-OH is 1. The summed E-state index contributed by atoms with van der Waals surface area (Å²) in [4.78, 5) is -2.56. The Labute approximate surface area is 92.5 Å². The number of fused-ring (bicyclic) bond motifs is 1. The lowest BCUT2D eigenvalue weighted by atomic mass is 9.89. The summed E-state index contributed by atoms with van der Waals surface area (Å²) in [6, 6.07) is 0. The van der Waals surface area contributed by atoms with Crippen molar-refractivity contribution in [1.29, 1.82) is 0 Å². The molecule has 0 aromatic heterocycles. The van der Waals surface area contributed by atoms with Crippen LogP contribution >= 0.6 is 0 Å². The maximum absolute atomic E-state index is 11.2. The second kappa shape index (κ2) is 3.31. The van der Waals surface area contributed by atoms with Gasteiger partial charge in [-0.3, -0.25) is 4.55 Å². The first-order valence-corrected chi connectivity index (χ1v) is 5.99. The molecule has 5 nitrogen and oxygen atoms in total. The highest BCUT2D eigenvalue weighted by atomic mass is 32.2. The van der Waals surface area contributed by atoms with Gasteiger partial charge in [0.05, 0.1) is 5.57 Å². The smallest absolute Gasteiger partial charge is 0.303 e. The van der Waals surface area contributed by atoms with Crippen LogP contribution in [-0.4, -0.2) is 28.1 Å². The minimum atomic E-state index is -4.75. The van der Waals surface area contributed by atoms with Crippen LogP contribution in [0.2, 0.25) is 0 Å². The fourth-order valence-corrected chi connectivity index (χ4v) is 2.53. The molecule has 16 heavy (non-hydrogen) atoms. The van der Waals surface area contributed by atoms with Gasteiger partial charge in [0.1, 0.15) is 5.76 Å². The molecule has 0 saturated carbocycles. The van der Waals surface area contributed by atoms with E-state index in [9.17, 15) is 18.6 Å². The van der Waals surface area contributed by atoms with Crippen LogP contribution in [-0.2, 0) is 10.1 Å². The molecular formula is C10H10O5S. The summed E-state index contributed by atoms with van der Waals surface area (Å²) in [6.45, 7) is 0. The Bertz CT molecular complexity index is 550. The topological polar surface area (TPSA) is 94.8 Å². The molecule has 0 bridgehead atoms. The highest BCUT2D eigenvalue weighted by molar-refractivity contribution is 7.87. The summed E-state index contributed by atoms with van der Waals surface area (Å²) in [5.74, 6) is -0.266. The maximum Gasteiger partial charge on any atom is 0.303 e. The first-order valence-electron chi connectivity index (χ1n) is 4.55. The molecule has 86 valence electrons. The summed E-state index contributed by atoms with van der Waals surface area (Å²) in [7, 11) is -4.75. The monoisotopic (exact) mass is 242 g/mol. The fourth-order valence-electron chi connectivity index (χ4n) is 1.78. The minimum Gasteiger partial charge on any atom is -0.512 e. The average Bonchev–Trinajstić information content (AvgIpc) is 2.16. The van der Waals surface area contributed by atoms with Crippen LogP contribution < -0.4 is 0 Å². The highest BCUT2D eigenvalue weighted by Crippen LogP contribution is 2.38. The number of hydrogen-bond donors (Lipinski definition) is 3. The third kappa shape index (κ3) is 1.42. The van der Waals surface area contributed by atoms with Gasteiger partial charge in [-0.1, -0.05) is 24.3 Å². The van der Waals surface area contributed by atoms with E-state index < -0.39 is 15.1 Å². The molecular weight excluding hydrogens is 232 g/mol. The molecule has 0 heterocycles. The Hall–Kier alpha value is -1.37. The zero-order valence-corrected chi connectivity index (χ0v) is 8.98. The van der Waals surface area contributed by atoms with Crippen molar-refractivity contribution < 1.29 is 23.2 Å². The summed E-state index contributed by atoms with van der Waals surface area (Å²) in [6.07, 6.45) is 7.12. The molecule has 0 amide bonds. The van der Waals surface area contributed by atoms with Crippen LogP contribution in [0.5, 0.6) is 0 Å². The number of aliphatic hydroxyl groups is 2. The van der Waals surface area contributed by atoms with Gasteiger partial charge in [0.25, 0.3) is 0 Å². The van der Waals surface area contributed by atoms with Crippen LogP contribution in [0.1, 0.15) is 6.42 Å². The van der Waals surface area contributed by atoms with E-state index in [4.69, 9.17) is 4.55 Å². The largest absolute Gasteiger partial charge is 0.512 e. The molecule has 0 radical (unpaired) electrons.